The highest BCUT2D eigenvalue weighted by molar-refractivity contribution is 7.92. The maximum absolute atomic E-state index is 13.9. The zero-order chi connectivity index (χ0) is 93.4. The van der Waals surface area contributed by atoms with Crippen molar-refractivity contribution in [2.75, 3.05) is 196 Å². The molecule has 9 saturated heterocycles. The Labute approximate surface area is 798 Å². The third-order valence-corrected chi connectivity index (χ3v) is 37.5. The smallest absolute Gasteiger partial charge is 0.181 e. The number of benzene rings is 9. The van der Waals surface area contributed by atoms with Crippen LogP contribution in [0.5, 0.6) is 28.7 Å². The standard InChI is InChI=1S/C37H51N4O3S.C36H48N3O4S.C35H44ClN3O4S/c1-5-7-18-37(6-2)28-40(35-25-33(38(3)4)14-17-36(35)45(42,43)29-37)32-12-15-34(16-13-32)44-27-31-10-8-30(9-11-31)26-41-22-19-39(20-23-41)21-24-41;1-4-6-17-36(5-2)27-38(34-24-33(42-3)15-16-35(34)44(40,41)28-36)31-11-13-32(14-12-31)43-26-30-9-7-29(8-10-30)25-39-21-18-37(19-22-39)20-23-39;1-3-5-14-35(4-2)25-38(32-21-31(36)33(40)22-34(32)44(41,42)26-35)29-10-12-30(13-11-29)43-24-28-8-6-27(7-9-28)23-39-18-15-37(16-19-39)17-20-39/h8-17,25H,5-7,18-24,26-29H2,1-4H3;7-16,24H,4-6,17-23,25-28H2,1-3H3;6-13,21-22H,3-5,14-20,23-26H2,1-2H3/q2*+1;/p+1/t37-;36-;35-/m000/s1. The van der Waals surface area contributed by atoms with Gasteiger partial charge in [-0.1, -0.05) is 164 Å². The van der Waals surface area contributed by atoms with Crippen molar-refractivity contribution in [2.24, 2.45) is 16.2 Å². The maximum Gasteiger partial charge on any atom is 0.181 e. The molecule has 0 aliphatic carbocycles. The summed E-state index contributed by atoms with van der Waals surface area (Å²) in [4.78, 5) is 17.2. The Morgan fingerprint density at radius 1 is 0.361 bits per heavy atom. The molecular formula is C108H144ClN10O11S3+3. The summed E-state index contributed by atoms with van der Waals surface area (Å²) in [6.07, 6.45) is 11.0. The number of methoxy groups -OCH3 is 1. The van der Waals surface area contributed by atoms with Crippen LogP contribution < -0.4 is 38.5 Å². The van der Waals surface area contributed by atoms with Crippen LogP contribution in [-0.4, -0.2) is 234 Å². The molecule has 12 heterocycles. The molecule has 0 aromatic heterocycles. The average Bonchev–Trinajstić information content (AvgIpc) is 1.62. The second-order valence-electron chi connectivity index (χ2n) is 40.4. The summed E-state index contributed by atoms with van der Waals surface area (Å²) < 4.78 is 110. The molecule has 714 valence electrons. The highest BCUT2D eigenvalue weighted by Gasteiger charge is 2.47. The first-order valence-corrected chi connectivity index (χ1v) is 54.5. The number of aromatic hydroxyl groups is 1. The van der Waals surface area contributed by atoms with Gasteiger partial charge in [-0.15, -0.1) is 0 Å². The Bertz CT molecular complexity index is 5760. The largest absolute Gasteiger partial charge is 0.506 e. The SMILES string of the molecule is CCCC[C@@]1(CC)CN(c2ccc(OCc3ccc(C[N+]45CCN(CC4)CC5)cc3)cc2)c2cc(Cl)c(O)cc2S(=O)(=O)C1.CCCC[C@@]1(CC)CN(c2ccc(OCc3ccc(C[N+]45CCN(CC4)CC5)cc3)cc2)c2cc(N(C)C)ccc2S(=O)(=O)C1.CCCC[C@@]1(CC)CN(c2ccc(OCc3ccc(C[N+]45CCN(CC4)CC5)cc3)cc2)c2cc(OC)ccc2S(=O)(=O)C1. The van der Waals surface area contributed by atoms with Crippen LogP contribution in [0.4, 0.5) is 39.8 Å². The number of phenols is 1. The number of sulfone groups is 3. The Hall–Kier alpha value is -8.92. The van der Waals surface area contributed by atoms with Gasteiger partial charge in [-0.25, -0.2) is 25.3 Å². The fraction of sp³-hybridized carbons (Fsp3) is 0.500. The number of hydrogen-bond acceptors (Lipinski definition) is 18. The average molecular weight is 1890 g/mol. The van der Waals surface area contributed by atoms with Gasteiger partial charge < -0.3 is 57.1 Å². The maximum atomic E-state index is 13.9. The summed E-state index contributed by atoms with van der Waals surface area (Å²) in [5.74, 6) is 3.16. The minimum atomic E-state index is -3.66. The van der Waals surface area contributed by atoms with Crippen LogP contribution in [0.1, 0.15) is 152 Å². The van der Waals surface area contributed by atoms with Gasteiger partial charge in [0, 0.05) is 160 Å². The van der Waals surface area contributed by atoms with E-state index in [1.165, 1.54) is 154 Å². The van der Waals surface area contributed by atoms with Crippen LogP contribution in [0.15, 0.2) is 209 Å². The molecule has 0 saturated carbocycles. The van der Waals surface area contributed by atoms with Crippen LogP contribution in [0.3, 0.4) is 0 Å². The number of anilines is 7. The highest BCUT2D eigenvalue weighted by atomic mass is 35.5. The van der Waals surface area contributed by atoms with Crippen molar-refractivity contribution in [3.63, 3.8) is 0 Å². The lowest BCUT2D eigenvalue weighted by Crippen LogP contribution is -2.66. The van der Waals surface area contributed by atoms with E-state index < -0.39 is 34.9 Å². The first kappa shape index (κ1) is 97.2. The van der Waals surface area contributed by atoms with Crippen LogP contribution in [0, 0.1) is 16.2 Å². The molecule has 0 unspecified atom stereocenters. The van der Waals surface area contributed by atoms with E-state index in [2.05, 4.69) is 156 Å². The van der Waals surface area contributed by atoms with E-state index in [0.29, 0.717) is 66.4 Å². The molecule has 21 nitrogen and oxygen atoms in total. The predicted octanol–water partition coefficient (Wildman–Crippen LogP) is 19.7. The fourth-order valence-electron chi connectivity index (χ4n) is 22.1. The van der Waals surface area contributed by atoms with E-state index in [1.807, 2.05) is 97.9 Å². The predicted molar refractivity (Wildman–Crippen MR) is 537 cm³/mol. The molecule has 6 bridgehead atoms. The topological polar surface area (TPSA) is 182 Å². The summed E-state index contributed by atoms with van der Waals surface area (Å²) >= 11 is 6.34. The number of fused-ring (bicyclic) bond motifs is 12. The van der Waals surface area contributed by atoms with Gasteiger partial charge in [-0.05, 0) is 164 Å². The number of ether oxygens (including phenoxy) is 4. The van der Waals surface area contributed by atoms with E-state index in [-0.39, 0.29) is 43.8 Å². The Morgan fingerprint density at radius 3 is 0.947 bits per heavy atom. The van der Waals surface area contributed by atoms with Gasteiger partial charge in [0.1, 0.15) is 68.2 Å². The number of halogens is 1. The lowest BCUT2D eigenvalue weighted by molar-refractivity contribution is -0.953. The van der Waals surface area contributed by atoms with Crippen molar-refractivity contribution in [1.29, 1.82) is 0 Å². The number of phenolic OH excluding ortho intramolecular Hbond substituents is 1. The monoisotopic (exact) mass is 1890 g/mol. The lowest BCUT2D eigenvalue weighted by atomic mass is 9.81. The zero-order valence-electron chi connectivity index (χ0n) is 80.3. The molecule has 12 aliphatic rings. The van der Waals surface area contributed by atoms with Crippen molar-refractivity contribution in [3.05, 3.63) is 233 Å². The number of quaternary nitrogens is 3. The molecule has 9 aromatic rings. The number of rotatable bonds is 32. The molecule has 133 heavy (non-hydrogen) atoms. The second-order valence-corrected chi connectivity index (χ2v) is 46.7. The summed E-state index contributed by atoms with van der Waals surface area (Å²) in [6.45, 7) is 42.0. The Kier molecular flexibility index (Phi) is 30.4. The summed E-state index contributed by atoms with van der Waals surface area (Å²) in [5.41, 5.74) is 12.3. The van der Waals surface area contributed by atoms with E-state index in [4.69, 9.17) is 30.5 Å². The molecular weight excluding hydrogens is 1740 g/mol. The van der Waals surface area contributed by atoms with E-state index >= 15 is 0 Å². The molecule has 12 aliphatic heterocycles. The van der Waals surface area contributed by atoms with Gasteiger partial charge in [-0.3, -0.25) is 14.7 Å². The van der Waals surface area contributed by atoms with Gasteiger partial charge in [-0.2, -0.15) is 0 Å². The Morgan fingerprint density at radius 2 is 0.647 bits per heavy atom. The minimum absolute atomic E-state index is 0.0413. The number of piperazine rings is 9. The molecule has 9 aromatic carbocycles. The van der Waals surface area contributed by atoms with Gasteiger partial charge in [0.05, 0.1) is 120 Å². The minimum Gasteiger partial charge on any atom is -0.506 e. The molecule has 9 fully saturated rings. The molecule has 25 heteroatoms. The normalized spacial score (nSPS) is 25.6. The van der Waals surface area contributed by atoms with Crippen LogP contribution >= 0.6 is 11.6 Å². The molecule has 0 spiro atoms. The van der Waals surface area contributed by atoms with Crippen LogP contribution in [0.25, 0.3) is 0 Å². The van der Waals surface area contributed by atoms with Gasteiger partial charge >= 0.3 is 0 Å². The van der Waals surface area contributed by atoms with Gasteiger partial charge in [0.25, 0.3) is 0 Å². The second kappa shape index (κ2) is 41.6. The highest BCUT2D eigenvalue weighted by Crippen LogP contribution is 2.51. The lowest BCUT2D eigenvalue weighted by Gasteiger charge is -2.50. The third-order valence-electron chi connectivity index (χ3n) is 31.2. The van der Waals surface area contributed by atoms with E-state index in [9.17, 15) is 30.4 Å². The molecule has 21 rings (SSSR count). The summed E-state index contributed by atoms with van der Waals surface area (Å²) in [5, 5.41) is 10.5. The molecule has 3 atom stereocenters. The number of unbranched alkanes of at least 4 members (excludes halogenated alkanes) is 3. The van der Waals surface area contributed by atoms with E-state index in [1.54, 1.807) is 31.4 Å². The quantitative estimate of drug-likeness (QED) is 0.0393. The fourth-order valence-corrected chi connectivity index (χ4v) is 28.8. The number of hydrogen-bond donors (Lipinski definition) is 1. The summed E-state index contributed by atoms with van der Waals surface area (Å²) in [6, 6.07) is 64.9. The zero-order valence-corrected chi connectivity index (χ0v) is 83.5. The van der Waals surface area contributed by atoms with E-state index in [0.717, 1.165) is 159 Å². The van der Waals surface area contributed by atoms with Crippen molar-refractivity contribution in [3.8, 4) is 28.7 Å². The van der Waals surface area contributed by atoms with Crippen molar-refractivity contribution in [1.82, 2.24) is 14.7 Å². The third kappa shape index (κ3) is 22.7. The number of nitrogens with zero attached hydrogens (tertiary/aromatic N) is 10. The van der Waals surface area contributed by atoms with Crippen molar-refractivity contribution < 1.29 is 62.8 Å². The first-order chi connectivity index (χ1) is 64.0. The van der Waals surface area contributed by atoms with Crippen molar-refractivity contribution in [2.45, 2.75) is 173 Å². The first-order valence-electron chi connectivity index (χ1n) is 49.2. The summed E-state index contributed by atoms with van der Waals surface area (Å²) in [7, 11) is -5.00. The van der Waals surface area contributed by atoms with Gasteiger partial charge in [0.2, 0.25) is 0 Å². The van der Waals surface area contributed by atoms with Gasteiger partial charge in [0.15, 0.2) is 29.5 Å². The Balaban J connectivity index is 0.000000145. The molecule has 0 amide bonds. The molecule has 0 radical (unpaired) electrons. The van der Waals surface area contributed by atoms with Crippen LogP contribution in [-0.2, 0) is 69.0 Å². The van der Waals surface area contributed by atoms with Crippen molar-refractivity contribution >= 4 is 80.9 Å². The van der Waals surface area contributed by atoms with Crippen LogP contribution in [0.2, 0.25) is 5.02 Å². The molecule has 1 N–H and O–H groups in total.